The molecule has 0 radical (unpaired) electrons. The molecule has 2 saturated carbocycles. The van der Waals surface area contributed by atoms with E-state index >= 15 is 0 Å². The fourth-order valence-corrected chi connectivity index (χ4v) is 2.30. The minimum absolute atomic E-state index is 0.320. The molecular weight excluding hydrogens is 176 g/mol. The van der Waals surface area contributed by atoms with Crippen molar-refractivity contribution in [1.29, 1.82) is 5.26 Å². The average Bonchev–Trinajstić information content (AvgIpc) is 3.02. The van der Waals surface area contributed by atoms with Gasteiger partial charge in [0.2, 0.25) is 0 Å². The molecule has 3 heteroatoms. The molecule has 0 aliphatic heterocycles. The summed E-state index contributed by atoms with van der Waals surface area (Å²) in [6, 6.07) is 3.03. The molecule has 0 amide bonds. The summed E-state index contributed by atoms with van der Waals surface area (Å²) >= 11 is 0. The van der Waals surface area contributed by atoms with Crippen LogP contribution in [0.2, 0.25) is 0 Å². The topological polar surface area (TPSA) is 44.1 Å². The lowest BCUT2D eigenvalue weighted by Gasteiger charge is -2.38. The van der Waals surface area contributed by atoms with Crippen molar-refractivity contribution < 1.29 is 4.79 Å². The number of rotatable bonds is 2. The van der Waals surface area contributed by atoms with Gasteiger partial charge in [-0.15, -0.1) is 0 Å². The Morgan fingerprint density at radius 3 is 2.43 bits per heavy atom. The number of Topliss-reactive ketones (excluding diaryl/α,β-unsaturated/α-hetero) is 1. The second-order valence-electron chi connectivity index (χ2n) is 4.52. The van der Waals surface area contributed by atoms with Gasteiger partial charge in [0, 0.05) is 18.9 Å². The zero-order valence-corrected chi connectivity index (χ0v) is 8.62. The summed E-state index contributed by atoms with van der Waals surface area (Å²) in [5.74, 6) is 0.320. The van der Waals surface area contributed by atoms with Crippen molar-refractivity contribution >= 4 is 5.78 Å². The van der Waals surface area contributed by atoms with Crippen molar-refractivity contribution in [2.45, 2.75) is 50.1 Å². The standard InChI is InChI=1S/C11H16N2O/c1-13(9-2-3-9)11(8-12)6-4-10(14)5-7-11/h9H,2-7H2,1H3. The van der Waals surface area contributed by atoms with Crippen molar-refractivity contribution in [3.8, 4) is 6.07 Å². The SMILES string of the molecule is CN(C1CC1)C1(C#N)CCC(=O)CC1. The Morgan fingerprint density at radius 2 is 2.00 bits per heavy atom. The van der Waals surface area contributed by atoms with Gasteiger partial charge in [0.05, 0.1) is 6.07 Å². The summed E-state index contributed by atoms with van der Waals surface area (Å²) < 4.78 is 0. The molecule has 0 bridgehead atoms. The van der Waals surface area contributed by atoms with Crippen molar-refractivity contribution in [2.24, 2.45) is 0 Å². The largest absolute Gasteiger partial charge is 0.300 e. The van der Waals surface area contributed by atoms with E-state index in [9.17, 15) is 10.1 Å². The second-order valence-corrected chi connectivity index (χ2v) is 4.52. The third-order valence-electron chi connectivity index (χ3n) is 3.61. The van der Waals surface area contributed by atoms with Crippen LogP contribution in [-0.2, 0) is 4.79 Å². The van der Waals surface area contributed by atoms with E-state index in [0.717, 1.165) is 12.8 Å². The number of carbonyl (C=O) groups excluding carboxylic acids is 1. The van der Waals surface area contributed by atoms with Crippen LogP contribution in [0.1, 0.15) is 38.5 Å². The zero-order chi connectivity index (χ0) is 10.2. The first kappa shape index (κ1) is 9.67. The van der Waals surface area contributed by atoms with Crippen LogP contribution in [0.15, 0.2) is 0 Å². The maximum Gasteiger partial charge on any atom is 0.133 e. The summed E-state index contributed by atoms with van der Waals surface area (Å²) in [6.45, 7) is 0. The monoisotopic (exact) mass is 192 g/mol. The molecule has 2 aliphatic carbocycles. The Balaban J connectivity index is 2.09. The van der Waals surface area contributed by atoms with Crippen molar-refractivity contribution in [3.05, 3.63) is 0 Å². The Hall–Kier alpha value is -0.880. The van der Waals surface area contributed by atoms with E-state index in [2.05, 4.69) is 11.0 Å². The molecule has 14 heavy (non-hydrogen) atoms. The molecule has 0 saturated heterocycles. The van der Waals surface area contributed by atoms with Gasteiger partial charge >= 0.3 is 0 Å². The third kappa shape index (κ3) is 1.55. The van der Waals surface area contributed by atoms with Crippen LogP contribution in [0.4, 0.5) is 0 Å². The van der Waals surface area contributed by atoms with Crippen LogP contribution in [0.25, 0.3) is 0 Å². The fraction of sp³-hybridized carbons (Fsp3) is 0.818. The molecule has 0 heterocycles. The zero-order valence-electron chi connectivity index (χ0n) is 8.62. The molecule has 0 spiro atoms. The van der Waals surface area contributed by atoms with Gasteiger partial charge in [-0.2, -0.15) is 5.26 Å². The lowest BCUT2D eigenvalue weighted by molar-refractivity contribution is -0.122. The Morgan fingerprint density at radius 1 is 1.43 bits per heavy atom. The first-order valence-corrected chi connectivity index (χ1v) is 5.34. The van der Waals surface area contributed by atoms with E-state index in [0.29, 0.717) is 24.7 Å². The Bertz CT molecular complexity index is 278. The molecule has 3 nitrogen and oxygen atoms in total. The summed E-state index contributed by atoms with van der Waals surface area (Å²) in [7, 11) is 2.04. The smallest absolute Gasteiger partial charge is 0.133 e. The highest BCUT2D eigenvalue weighted by Gasteiger charge is 2.44. The van der Waals surface area contributed by atoms with Gasteiger partial charge in [0.15, 0.2) is 0 Å². The lowest BCUT2D eigenvalue weighted by atomic mass is 9.81. The van der Waals surface area contributed by atoms with Crippen LogP contribution in [-0.4, -0.2) is 29.3 Å². The quantitative estimate of drug-likeness (QED) is 0.665. The Labute approximate surface area is 84.7 Å². The summed E-state index contributed by atoms with van der Waals surface area (Å²) in [6.07, 6.45) is 5.07. The van der Waals surface area contributed by atoms with Crippen molar-refractivity contribution in [2.75, 3.05) is 7.05 Å². The molecule has 0 unspecified atom stereocenters. The first-order valence-electron chi connectivity index (χ1n) is 5.34. The molecule has 76 valence electrons. The van der Waals surface area contributed by atoms with Gasteiger partial charge in [-0.3, -0.25) is 9.69 Å². The lowest BCUT2D eigenvalue weighted by Crippen LogP contribution is -2.49. The van der Waals surface area contributed by atoms with Gasteiger partial charge in [0.1, 0.15) is 11.3 Å². The molecule has 0 aromatic heterocycles. The molecule has 2 fully saturated rings. The van der Waals surface area contributed by atoms with Gasteiger partial charge in [-0.05, 0) is 32.7 Å². The van der Waals surface area contributed by atoms with Gasteiger partial charge in [-0.1, -0.05) is 0 Å². The Kier molecular flexibility index (Phi) is 2.32. The summed E-state index contributed by atoms with van der Waals surface area (Å²) in [4.78, 5) is 13.4. The van der Waals surface area contributed by atoms with E-state index in [1.165, 1.54) is 12.8 Å². The normalized spacial score (nSPS) is 26.2. The van der Waals surface area contributed by atoms with Crippen LogP contribution >= 0.6 is 0 Å². The molecular formula is C11H16N2O. The predicted octanol–water partition coefficient (Wildman–Crippen LogP) is 1.49. The number of nitrogens with zero attached hydrogens (tertiary/aromatic N) is 2. The highest BCUT2D eigenvalue weighted by molar-refractivity contribution is 5.79. The van der Waals surface area contributed by atoms with Crippen LogP contribution < -0.4 is 0 Å². The van der Waals surface area contributed by atoms with Crippen LogP contribution in [0, 0.1) is 11.3 Å². The minimum Gasteiger partial charge on any atom is -0.300 e. The van der Waals surface area contributed by atoms with E-state index in [4.69, 9.17) is 0 Å². The number of hydrogen-bond acceptors (Lipinski definition) is 3. The summed E-state index contributed by atoms with van der Waals surface area (Å²) in [5.41, 5.74) is -0.338. The van der Waals surface area contributed by atoms with Crippen molar-refractivity contribution in [1.82, 2.24) is 4.90 Å². The van der Waals surface area contributed by atoms with Gasteiger partial charge in [-0.25, -0.2) is 0 Å². The first-order chi connectivity index (χ1) is 6.68. The van der Waals surface area contributed by atoms with Crippen LogP contribution in [0.5, 0.6) is 0 Å². The van der Waals surface area contributed by atoms with E-state index in [1.54, 1.807) is 0 Å². The average molecular weight is 192 g/mol. The number of carbonyl (C=O) groups is 1. The van der Waals surface area contributed by atoms with Gasteiger partial charge < -0.3 is 0 Å². The molecule has 0 aromatic carbocycles. The maximum atomic E-state index is 11.1. The molecule has 2 aliphatic rings. The number of ketones is 1. The van der Waals surface area contributed by atoms with Crippen molar-refractivity contribution in [3.63, 3.8) is 0 Å². The molecule has 0 atom stereocenters. The van der Waals surface area contributed by atoms with Gasteiger partial charge in [0.25, 0.3) is 0 Å². The molecule has 0 N–H and O–H groups in total. The summed E-state index contributed by atoms with van der Waals surface area (Å²) in [5, 5.41) is 9.27. The number of hydrogen-bond donors (Lipinski definition) is 0. The molecule has 2 rings (SSSR count). The highest BCUT2D eigenvalue weighted by Crippen LogP contribution is 2.38. The minimum atomic E-state index is -0.338. The highest BCUT2D eigenvalue weighted by atomic mass is 16.1. The van der Waals surface area contributed by atoms with E-state index in [1.807, 2.05) is 7.05 Å². The van der Waals surface area contributed by atoms with Crippen LogP contribution in [0.3, 0.4) is 0 Å². The second kappa shape index (κ2) is 3.36. The van der Waals surface area contributed by atoms with E-state index in [-0.39, 0.29) is 5.54 Å². The number of nitriles is 1. The molecule has 0 aromatic rings. The predicted molar refractivity (Wildman–Crippen MR) is 52.6 cm³/mol. The fourth-order valence-electron chi connectivity index (χ4n) is 2.30. The van der Waals surface area contributed by atoms with E-state index < -0.39 is 0 Å². The third-order valence-corrected chi connectivity index (χ3v) is 3.61. The maximum absolute atomic E-state index is 11.1.